The number of pyridine rings is 2. The molecule has 0 radical (unpaired) electrons. The van der Waals surface area contributed by atoms with Crippen LogP contribution in [0.3, 0.4) is 0 Å². The molecular weight excluding hydrogens is 288 g/mol. The lowest BCUT2D eigenvalue weighted by atomic mass is 10.2. The van der Waals surface area contributed by atoms with E-state index in [1.165, 1.54) is 0 Å². The summed E-state index contributed by atoms with van der Waals surface area (Å²) in [6, 6.07) is 6.77. The molecule has 110 valence electrons. The molecule has 0 bridgehead atoms. The van der Waals surface area contributed by atoms with Gasteiger partial charge in [0, 0.05) is 29.7 Å². The second-order valence-corrected chi connectivity index (χ2v) is 5.02. The Morgan fingerprint density at radius 3 is 2.86 bits per heavy atom. The lowest BCUT2D eigenvalue weighted by Gasteiger charge is -2.09. The van der Waals surface area contributed by atoms with E-state index < -0.39 is 0 Å². The summed E-state index contributed by atoms with van der Waals surface area (Å²) in [5.41, 5.74) is 2.00. The second-order valence-electron chi connectivity index (χ2n) is 4.63. The Labute approximate surface area is 128 Å². The molecule has 6 heteroatoms. The summed E-state index contributed by atoms with van der Waals surface area (Å²) in [7, 11) is 0. The van der Waals surface area contributed by atoms with Crippen molar-refractivity contribution in [2.24, 2.45) is 0 Å². The average molecular weight is 305 g/mol. The van der Waals surface area contributed by atoms with Gasteiger partial charge in [-0.2, -0.15) is 0 Å². The van der Waals surface area contributed by atoms with Crippen LogP contribution in [-0.2, 0) is 0 Å². The first-order valence-corrected chi connectivity index (χ1v) is 7.11. The normalized spacial score (nSPS) is 10.2. The zero-order valence-electron chi connectivity index (χ0n) is 12.0. The average Bonchev–Trinajstić information content (AvgIpc) is 2.44. The van der Waals surface area contributed by atoms with Crippen molar-refractivity contribution < 1.29 is 4.79 Å². The van der Waals surface area contributed by atoms with Crippen LogP contribution in [0.1, 0.15) is 29.4 Å². The zero-order valence-corrected chi connectivity index (χ0v) is 12.7. The highest BCUT2D eigenvalue weighted by molar-refractivity contribution is 6.30. The minimum Gasteiger partial charge on any atom is -0.370 e. The molecule has 0 aromatic carbocycles. The molecule has 5 nitrogen and oxygen atoms in total. The molecule has 2 aromatic rings. The molecule has 0 saturated carbocycles. The highest BCUT2D eigenvalue weighted by Gasteiger charge is 2.10. The Kier molecular flexibility index (Phi) is 5.11. The summed E-state index contributed by atoms with van der Waals surface area (Å²) < 4.78 is 0. The topological polar surface area (TPSA) is 66.9 Å². The minimum absolute atomic E-state index is 0.232. The first kappa shape index (κ1) is 15.3. The van der Waals surface area contributed by atoms with E-state index in [0.29, 0.717) is 17.1 Å². The number of amides is 1. The van der Waals surface area contributed by atoms with E-state index in [9.17, 15) is 4.79 Å². The predicted molar refractivity (Wildman–Crippen MR) is 85.0 cm³/mol. The van der Waals surface area contributed by atoms with E-state index in [1.54, 1.807) is 30.5 Å². The van der Waals surface area contributed by atoms with Crippen LogP contribution in [0.25, 0.3) is 0 Å². The number of rotatable bonds is 5. The van der Waals surface area contributed by atoms with Gasteiger partial charge in [-0.3, -0.25) is 9.78 Å². The van der Waals surface area contributed by atoms with Crippen molar-refractivity contribution in [3.8, 4) is 0 Å². The van der Waals surface area contributed by atoms with Crippen LogP contribution in [0.15, 0.2) is 30.5 Å². The van der Waals surface area contributed by atoms with E-state index in [1.807, 2.05) is 6.92 Å². The van der Waals surface area contributed by atoms with E-state index in [2.05, 4.69) is 27.5 Å². The Morgan fingerprint density at radius 2 is 2.14 bits per heavy atom. The van der Waals surface area contributed by atoms with E-state index in [4.69, 9.17) is 11.6 Å². The van der Waals surface area contributed by atoms with E-state index in [-0.39, 0.29) is 11.1 Å². The van der Waals surface area contributed by atoms with Crippen molar-refractivity contribution in [2.75, 3.05) is 17.2 Å². The molecule has 0 saturated heterocycles. The second kappa shape index (κ2) is 7.04. The maximum atomic E-state index is 12.3. The molecule has 21 heavy (non-hydrogen) atoms. The molecule has 2 heterocycles. The third-order valence-electron chi connectivity index (χ3n) is 2.77. The van der Waals surface area contributed by atoms with Crippen molar-refractivity contribution in [3.05, 3.63) is 46.9 Å². The zero-order chi connectivity index (χ0) is 15.2. The largest absolute Gasteiger partial charge is 0.370 e. The molecule has 0 aliphatic rings. The van der Waals surface area contributed by atoms with Gasteiger partial charge in [-0.05, 0) is 37.6 Å². The number of aryl methyl sites for hydroxylation is 1. The van der Waals surface area contributed by atoms with Crippen molar-refractivity contribution in [2.45, 2.75) is 20.3 Å². The van der Waals surface area contributed by atoms with Gasteiger partial charge in [0.05, 0.1) is 0 Å². The maximum absolute atomic E-state index is 12.3. The predicted octanol–water partition coefficient (Wildman–Crippen LogP) is 3.51. The Hall–Kier alpha value is -2.14. The molecule has 0 atom stereocenters. The summed E-state index contributed by atoms with van der Waals surface area (Å²) in [5.74, 6) is 0.366. The van der Waals surface area contributed by atoms with Gasteiger partial charge in [-0.25, -0.2) is 4.98 Å². The molecule has 2 rings (SSSR count). The molecule has 0 fully saturated rings. The summed E-state index contributed by atoms with van der Waals surface area (Å²) in [6.07, 6.45) is 2.62. The number of aromatic nitrogens is 2. The Morgan fingerprint density at radius 1 is 1.33 bits per heavy atom. The van der Waals surface area contributed by atoms with E-state index >= 15 is 0 Å². The number of carbonyl (C=O) groups excluding carboxylic acids is 1. The van der Waals surface area contributed by atoms with Crippen LogP contribution in [0, 0.1) is 6.92 Å². The number of anilines is 2. The third-order valence-corrected chi connectivity index (χ3v) is 2.96. The highest BCUT2D eigenvalue weighted by atomic mass is 35.5. The summed E-state index contributed by atoms with van der Waals surface area (Å²) in [5, 5.41) is 6.22. The first-order chi connectivity index (χ1) is 10.1. The molecule has 0 aliphatic heterocycles. The van der Waals surface area contributed by atoms with E-state index in [0.717, 1.165) is 18.7 Å². The van der Waals surface area contributed by atoms with Crippen molar-refractivity contribution in [1.82, 2.24) is 9.97 Å². The van der Waals surface area contributed by atoms with Gasteiger partial charge >= 0.3 is 0 Å². The number of hydrogen-bond donors (Lipinski definition) is 2. The number of carbonyl (C=O) groups is 1. The summed E-state index contributed by atoms with van der Waals surface area (Å²) in [4.78, 5) is 20.5. The molecule has 0 aliphatic carbocycles. The molecular formula is C15H17ClN4O. The lowest BCUT2D eigenvalue weighted by molar-refractivity contribution is 0.102. The molecule has 0 spiro atoms. The fraction of sp³-hybridized carbons (Fsp3) is 0.267. The summed E-state index contributed by atoms with van der Waals surface area (Å²) >= 11 is 5.96. The monoisotopic (exact) mass is 304 g/mol. The van der Waals surface area contributed by atoms with Crippen molar-refractivity contribution in [3.63, 3.8) is 0 Å². The van der Waals surface area contributed by atoms with Gasteiger partial charge < -0.3 is 10.6 Å². The van der Waals surface area contributed by atoms with Gasteiger partial charge in [0.1, 0.15) is 11.0 Å². The van der Waals surface area contributed by atoms with Crippen molar-refractivity contribution in [1.29, 1.82) is 0 Å². The number of hydrogen-bond acceptors (Lipinski definition) is 4. The SMILES string of the molecule is CCCNc1cc(C(=O)Nc2ccnc(C)c2)cc(Cl)n1. The van der Waals surface area contributed by atoms with Crippen LogP contribution in [0.2, 0.25) is 5.15 Å². The summed E-state index contributed by atoms with van der Waals surface area (Å²) in [6.45, 7) is 4.70. The first-order valence-electron chi connectivity index (χ1n) is 6.74. The number of halogens is 1. The van der Waals surface area contributed by atoms with Crippen molar-refractivity contribution >= 4 is 29.0 Å². The lowest BCUT2D eigenvalue weighted by Crippen LogP contribution is -2.13. The Balaban J connectivity index is 2.16. The highest BCUT2D eigenvalue weighted by Crippen LogP contribution is 2.16. The van der Waals surface area contributed by atoms with Gasteiger partial charge in [0.2, 0.25) is 0 Å². The molecule has 1 amide bonds. The Bertz CT molecular complexity index is 645. The maximum Gasteiger partial charge on any atom is 0.255 e. The van der Waals surface area contributed by atoms with Gasteiger partial charge in [0.25, 0.3) is 5.91 Å². The quantitative estimate of drug-likeness (QED) is 0.830. The molecule has 2 N–H and O–H groups in total. The van der Waals surface area contributed by atoms with Crippen LogP contribution < -0.4 is 10.6 Å². The van der Waals surface area contributed by atoms with Gasteiger partial charge in [-0.15, -0.1) is 0 Å². The standard InChI is InChI=1S/C15H17ClN4O/c1-3-5-18-14-9-11(8-13(16)20-14)15(21)19-12-4-6-17-10(2)7-12/h4,6-9H,3,5H2,1-2H3,(H,18,20)(H,17,19,21). The smallest absolute Gasteiger partial charge is 0.255 e. The fourth-order valence-corrected chi connectivity index (χ4v) is 2.01. The van der Waals surface area contributed by atoms with Crippen LogP contribution >= 0.6 is 11.6 Å². The number of nitrogens with one attached hydrogen (secondary N) is 2. The van der Waals surface area contributed by atoms with Gasteiger partial charge in [0.15, 0.2) is 0 Å². The number of nitrogens with zero attached hydrogens (tertiary/aromatic N) is 2. The van der Waals surface area contributed by atoms with Crippen LogP contribution in [-0.4, -0.2) is 22.4 Å². The van der Waals surface area contributed by atoms with Crippen LogP contribution in [0.5, 0.6) is 0 Å². The molecule has 0 unspecified atom stereocenters. The third kappa shape index (κ3) is 4.43. The minimum atomic E-state index is -0.232. The molecule has 2 aromatic heterocycles. The van der Waals surface area contributed by atoms with Crippen LogP contribution in [0.4, 0.5) is 11.5 Å². The fourth-order valence-electron chi connectivity index (χ4n) is 1.80. The van der Waals surface area contributed by atoms with Gasteiger partial charge in [-0.1, -0.05) is 18.5 Å².